The molecule has 0 spiro atoms. The van der Waals surface area contributed by atoms with Gasteiger partial charge in [0.25, 0.3) is 0 Å². The number of aliphatic hydroxyl groups excluding tert-OH is 1. The summed E-state index contributed by atoms with van der Waals surface area (Å²) in [5, 5.41) is 8.86. The van der Waals surface area contributed by atoms with Gasteiger partial charge in [-0.3, -0.25) is 0 Å². The molecule has 3 aromatic rings. The van der Waals surface area contributed by atoms with Crippen molar-refractivity contribution in [3.63, 3.8) is 0 Å². The van der Waals surface area contributed by atoms with E-state index < -0.39 is 0 Å². The summed E-state index contributed by atoms with van der Waals surface area (Å²) in [6.07, 6.45) is 0. The molecule has 3 rings (SSSR count). The Labute approximate surface area is 153 Å². The number of nitrogens with zero attached hydrogens (tertiary/aromatic N) is 1. The molecule has 26 heavy (non-hydrogen) atoms. The molecule has 5 heteroatoms. The first-order valence-electron chi connectivity index (χ1n) is 8.61. The molecule has 0 amide bonds. The van der Waals surface area contributed by atoms with Crippen molar-refractivity contribution in [2.45, 2.75) is 19.8 Å². The van der Waals surface area contributed by atoms with Crippen LogP contribution in [0.3, 0.4) is 0 Å². The minimum Gasteiger partial charge on any atom is -0.497 e. The molecule has 0 saturated heterocycles. The average Bonchev–Trinajstić information content (AvgIpc) is 3.12. The van der Waals surface area contributed by atoms with E-state index in [2.05, 4.69) is 13.8 Å². The van der Waals surface area contributed by atoms with Crippen LogP contribution >= 0.6 is 0 Å². The first kappa shape index (κ1) is 18.0. The molecule has 0 radical (unpaired) electrons. The van der Waals surface area contributed by atoms with Crippen molar-refractivity contribution in [1.82, 2.24) is 4.98 Å². The molecular formula is C21H23NO4. The maximum absolute atomic E-state index is 8.86. The van der Waals surface area contributed by atoms with Gasteiger partial charge in [0.2, 0.25) is 0 Å². The minimum atomic E-state index is -0.0107. The number of oxazole rings is 1. The fourth-order valence-electron chi connectivity index (χ4n) is 2.59. The van der Waals surface area contributed by atoms with E-state index in [1.165, 1.54) is 0 Å². The van der Waals surface area contributed by atoms with Crippen molar-refractivity contribution in [2.24, 2.45) is 0 Å². The van der Waals surface area contributed by atoms with Gasteiger partial charge in [0.1, 0.15) is 23.8 Å². The zero-order chi connectivity index (χ0) is 18.5. The predicted molar refractivity (Wildman–Crippen MR) is 101 cm³/mol. The fourth-order valence-corrected chi connectivity index (χ4v) is 2.59. The SMILES string of the molecule is COc1ccc(-c2nc(C(C)C)oc2-c2ccc(OCCO)cc2)cc1. The third kappa shape index (κ3) is 3.89. The van der Waals surface area contributed by atoms with Gasteiger partial charge >= 0.3 is 0 Å². The van der Waals surface area contributed by atoms with Crippen molar-refractivity contribution in [1.29, 1.82) is 0 Å². The van der Waals surface area contributed by atoms with E-state index in [0.717, 1.165) is 28.3 Å². The zero-order valence-electron chi connectivity index (χ0n) is 15.2. The molecule has 0 atom stereocenters. The van der Waals surface area contributed by atoms with Gasteiger partial charge in [0.05, 0.1) is 13.7 Å². The van der Waals surface area contributed by atoms with E-state index in [0.29, 0.717) is 11.6 Å². The van der Waals surface area contributed by atoms with Gasteiger partial charge in [-0.05, 0) is 48.5 Å². The third-order valence-electron chi connectivity index (χ3n) is 3.98. The molecule has 0 aliphatic rings. The number of rotatable bonds is 7. The van der Waals surface area contributed by atoms with Gasteiger partial charge in [-0.25, -0.2) is 4.98 Å². The highest BCUT2D eigenvalue weighted by molar-refractivity contribution is 5.77. The second-order valence-electron chi connectivity index (χ2n) is 6.21. The lowest BCUT2D eigenvalue weighted by atomic mass is 10.1. The van der Waals surface area contributed by atoms with Gasteiger partial charge in [0.15, 0.2) is 11.7 Å². The fraction of sp³-hybridized carbons (Fsp3) is 0.286. The second-order valence-corrected chi connectivity index (χ2v) is 6.21. The van der Waals surface area contributed by atoms with Gasteiger partial charge in [0, 0.05) is 17.0 Å². The highest BCUT2D eigenvalue weighted by Crippen LogP contribution is 2.35. The topological polar surface area (TPSA) is 64.7 Å². The van der Waals surface area contributed by atoms with Crippen molar-refractivity contribution in [2.75, 3.05) is 20.3 Å². The molecule has 0 bridgehead atoms. The molecule has 1 aromatic heterocycles. The summed E-state index contributed by atoms with van der Waals surface area (Å²) in [5.74, 6) is 3.12. The molecule has 2 aromatic carbocycles. The van der Waals surface area contributed by atoms with Crippen molar-refractivity contribution in [3.05, 3.63) is 54.4 Å². The Morgan fingerprint density at radius 2 is 1.58 bits per heavy atom. The lowest BCUT2D eigenvalue weighted by Crippen LogP contribution is -2.01. The largest absolute Gasteiger partial charge is 0.497 e. The molecule has 0 fully saturated rings. The van der Waals surface area contributed by atoms with Crippen LogP contribution in [0.1, 0.15) is 25.7 Å². The minimum absolute atomic E-state index is 0.0107. The van der Waals surface area contributed by atoms with E-state index in [1.54, 1.807) is 7.11 Å². The zero-order valence-corrected chi connectivity index (χ0v) is 15.2. The van der Waals surface area contributed by atoms with E-state index >= 15 is 0 Å². The van der Waals surface area contributed by atoms with Crippen molar-refractivity contribution >= 4 is 0 Å². The third-order valence-corrected chi connectivity index (χ3v) is 3.98. The number of ether oxygens (including phenoxy) is 2. The Bertz CT molecular complexity index is 835. The highest BCUT2D eigenvalue weighted by Gasteiger charge is 2.18. The summed E-state index contributed by atoms with van der Waals surface area (Å²) in [4.78, 5) is 4.71. The lowest BCUT2D eigenvalue weighted by molar-refractivity contribution is 0.201. The Hall–Kier alpha value is -2.79. The number of aliphatic hydroxyl groups is 1. The molecule has 136 valence electrons. The van der Waals surface area contributed by atoms with E-state index in [-0.39, 0.29) is 19.1 Å². The maximum atomic E-state index is 8.86. The lowest BCUT2D eigenvalue weighted by Gasteiger charge is -2.06. The number of benzene rings is 2. The molecule has 1 N–H and O–H groups in total. The number of aromatic nitrogens is 1. The molecular weight excluding hydrogens is 330 g/mol. The molecule has 0 saturated carbocycles. The van der Waals surface area contributed by atoms with Gasteiger partial charge in [-0.15, -0.1) is 0 Å². The average molecular weight is 353 g/mol. The molecule has 5 nitrogen and oxygen atoms in total. The van der Waals surface area contributed by atoms with Crippen LogP contribution in [0.5, 0.6) is 11.5 Å². The van der Waals surface area contributed by atoms with Crippen molar-refractivity contribution in [3.8, 4) is 34.1 Å². The number of hydrogen-bond acceptors (Lipinski definition) is 5. The predicted octanol–water partition coefficient (Wildman–Crippen LogP) is 4.51. The molecule has 0 aliphatic heterocycles. The summed E-state index contributed by atoms with van der Waals surface area (Å²) in [6.45, 7) is 4.37. The molecule has 0 aliphatic carbocycles. The van der Waals surface area contributed by atoms with Gasteiger partial charge < -0.3 is 19.0 Å². The standard InChI is InChI=1S/C21H23NO4/c1-14(2)21-22-19(15-4-8-17(24-3)9-5-15)20(26-21)16-6-10-18(11-7-16)25-13-12-23/h4-11,14,23H,12-13H2,1-3H3. The summed E-state index contributed by atoms with van der Waals surface area (Å²) in [5.41, 5.74) is 2.70. The quantitative estimate of drug-likeness (QED) is 0.677. The second kappa shape index (κ2) is 8.06. The first-order valence-corrected chi connectivity index (χ1v) is 8.61. The Kier molecular flexibility index (Phi) is 5.58. The van der Waals surface area contributed by atoms with Crippen LogP contribution in [-0.2, 0) is 0 Å². The highest BCUT2D eigenvalue weighted by atomic mass is 16.5. The Morgan fingerprint density at radius 3 is 2.15 bits per heavy atom. The summed E-state index contributed by atoms with van der Waals surface area (Å²) in [7, 11) is 1.65. The van der Waals surface area contributed by atoms with Crippen LogP contribution in [0.2, 0.25) is 0 Å². The smallest absolute Gasteiger partial charge is 0.198 e. The van der Waals surface area contributed by atoms with Crippen LogP contribution in [-0.4, -0.2) is 30.4 Å². The van der Waals surface area contributed by atoms with E-state index in [1.807, 2.05) is 48.5 Å². The monoisotopic (exact) mass is 353 g/mol. The van der Waals surface area contributed by atoms with E-state index in [9.17, 15) is 0 Å². The Morgan fingerprint density at radius 1 is 0.962 bits per heavy atom. The van der Waals surface area contributed by atoms with Crippen LogP contribution in [0.15, 0.2) is 52.9 Å². The summed E-state index contributed by atoms with van der Waals surface area (Å²) >= 11 is 0. The first-order chi connectivity index (χ1) is 12.6. The summed E-state index contributed by atoms with van der Waals surface area (Å²) in [6, 6.07) is 15.4. The van der Waals surface area contributed by atoms with E-state index in [4.69, 9.17) is 24.0 Å². The number of methoxy groups -OCH3 is 1. The van der Waals surface area contributed by atoms with Crippen LogP contribution in [0, 0.1) is 0 Å². The van der Waals surface area contributed by atoms with Gasteiger partial charge in [-0.2, -0.15) is 0 Å². The summed E-state index contributed by atoms with van der Waals surface area (Å²) < 4.78 is 16.7. The number of hydrogen-bond donors (Lipinski definition) is 1. The van der Waals surface area contributed by atoms with Crippen LogP contribution < -0.4 is 9.47 Å². The van der Waals surface area contributed by atoms with Crippen LogP contribution in [0.25, 0.3) is 22.6 Å². The van der Waals surface area contributed by atoms with Crippen LogP contribution in [0.4, 0.5) is 0 Å². The normalized spacial score (nSPS) is 11.0. The Balaban J connectivity index is 1.99. The molecule has 1 heterocycles. The maximum Gasteiger partial charge on any atom is 0.198 e. The van der Waals surface area contributed by atoms with Crippen molar-refractivity contribution < 1.29 is 19.0 Å². The van der Waals surface area contributed by atoms with Gasteiger partial charge in [-0.1, -0.05) is 13.8 Å². The molecule has 0 unspecified atom stereocenters.